The van der Waals surface area contributed by atoms with E-state index in [0.717, 1.165) is 5.56 Å². The van der Waals surface area contributed by atoms with Gasteiger partial charge in [-0.2, -0.15) is 0 Å². The average Bonchev–Trinajstić information content (AvgIpc) is 2.42. The highest BCUT2D eigenvalue weighted by atomic mass is 16.2. The van der Waals surface area contributed by atoms with Gasteiger partial charge in [-0.3, -0.25) is 4.79 Å². The van der Waals surface area contributed by atoms with Crippen LogP contribution in [0.15, 0.2) is 24.3 Å². The Labute approximate surface area is 112 Å². The predicted molar refractivity (Wildman–Crippen MR) is 72.5 cm³/mol. The normalized spacial score (nSPS) is 18.9. The Kier molecular flexibility index (Phi) is 4.01. The van der Waals surface area contributed by atoms with Crippen molar-refractivity contribution in [3.63, 3.8) is 0 Å². The van der Waals surface area contributed by atoms with Gasteiger partial charge >= 0.3 is 6.03 Å². The Hall–Kier alpha value is -2.08. The zero-order chi connectivity index (χ0) is 13.8. The summed E-state index contributed by atoms with van der Waals surface area (Å²) in [5.74, 6) is -0.128. The van der Waals surface area contributed by atoms with Crippen LogP contribution in [-0.4, -0.2) is 36.0 Å². The van der Waals surface area contributed by atoms with E-state index in [1.54, 1.807) is 13.0 Å². The number of carbonyl (C=O) groups is 2. The largest absolute Gasteiger partial charge is 0.353 e. The van der Waals surface area contributed by atoms with E-state index in [1.807, 2.05) is 18.2 Å². The molecule has 1 fully saturated rings. The van der Waals surface area contributed by atoms with Crippen molar-refractivity contribution >= 4 is 17.6 Å². The molecule has 102 valence electrons. The highest BCUT2D eigenvalue weighted by molar-refractivity contribution is 5.94. The topological polar surface area (TPSA) is 87.5 Å². The molecular formula is C13H18N4O2. The molecule has 6 heteroatoms. The van der Waals surface area contributed by atoms with Gasteiger partial charge in [-0.15, -0.1) is 0 Å². The average molecular weight is 262 g/mol. The minimum atomic E-state index is -0.452. The summed E-state index contributed by atoms with van der Waals surface area (Å²) in [4.78, 5) is 25.2. The van der Waals surface area contributed by atoms with Gasteiger partial charge in [-0.25, -0.2) is 4.79 Å². The van der Waals surface area contributed by atoms with Crippen LogP contribution in [0.4, 0.5) is 10.5 Å². The lowest BCUT2D eigenvalue weighted by atomic mass is 10.2. The Morgan fingerprint density at radius 1 is 1.58 bits per heavy atom. The van der Waals surface area contributed by atoms with Crippen molar-refractivity contribution in [3.8, 4) is 0 Å². The van der Waals surface area contributed by atoms with E-state index in [-0.39, 0.29) is 11.9 Å². The van der Waals surface area contributed by atoms with Crippen molar-refractivity contribution in [2.75, 3.05) is 18.4 Å². The van der Waals surface area contributed by atoms with Crippen LogP contribution >= 0.6 is 0 Å². The molecule has 0 saturated carbocycles. The number of nitrogens with one attached hydrogen (secondary N) is 2. The van der Waals surface area contributed by atoms with Crippen LogP contribution in [0, 0.1) is 0 Å². The molecule has 0 aromatic heterocycles. The van der Waals surface area contributed by atoms with Crippen LogP contribution in [0.1, 0.15) is 12.5 Å². The van der Waals surface area contributed by atoms with E-state index in [9.17, 15) is 9.59 Å². The number of hydrogen-bond donors (Lipinski definition) is 3. The molecule has 1 aromatic rings. The quantitative estimate of drug-likeness (QED) is 0.725. The molecule has 1 unspecified atom stereocenters. The summed E-state index contributed by atoms with van der Waals surface area (Å²) in [6.45, 7) is 3.13. The number of urea groups is 1. The first-order valence-corrected chi connectivity index (χ1v) is 6.26. The minimum absolute atomic E-state index is 0.128. The second-order valence-corrected chi connectivity index (χ2v) is 4.50. The van der Waals surface area contributed by atoms with Crippen LogP contribution < -0.4 is 16.4 Å². The standard InChI is InChI=1S/C13H18N4O2/c1-9-12(18)15-5-6-17(9)13(19)16-11-4-2-3-10(7-11)8-14/h2-4,7,9H,5-6,8,14H2,1H3,(H,15,18)(H,16,19). The summed E-state index contributed by atoms with van der Waals surface area (Å²) in [5, 5.41) is 5.51. The van der Waals surface area contributed by atoms with Crippen molar-refractivity contribution in [3.05, 3.63) is 29.8 Å². The van der Waals surface area contributed by atoms with E-state index in [0.29, 0.717) is 25.3 Å². The lowest BCUT2D eigenvalue weighted by Gasteiger charge is -2.32. The SMILES string of the molecule is CC1C(=O)NCCN1C(=O)Nc1cccc(CN)c1. The van der Waals surface area contributed by atoms with E-state index in [4.69, 9.17) is 5.73 Å². The van der Waals surface area contributed by atoms with E-state index in [2.05, 4.69) is 10.6 Å². The third-order valence-electron chi connectivity index (χ3n) is 3.17. The zero-order valence-corrected chi connectivity index (χ0v) is 10.8. The molecule has 4 N–H and O–H groups in total. The molecule has 1 saturated heterocycles. The molecule has 1 aliphatic heterocycles. The lowest BCUT2D eigenvalue weighted by molar-refractivity contribution is -0.126. The summed E-state index contributed by atoms with van der Waals surface area (Å²) < 4.78 is 0. The number of hydrogen-bond acceptors (Lipinski definition) is 3. The molecule has 3 amide bonds. The van der Waals surface area contributed by atoms with Crippen molar-refractivity contribution in [2.45, 2.75) is 19.5 Å². The van der Waals surface area contributed by atoms with Crippen molar-refractivity contribution in [1.29, 1.82) is 0 Å². The van der Waals surface area contributed by atoms with E-state index in [1.165, 1.54) is 4.90 Å². The van der Waals surface area contributed by atoms with Gasteiger partial charge in [0.2, 0.25) is 5.91 Å². The number of piperazine rings is 1. The fraction of sp³-hybridized carbons (Fsp3) is 0.385. The summed E-state index contributed by atoms with van der Waals surface area (Å²) in [7, 11) is 0. The molecule has 19 heavy (non-hydrogen) atoms. The minimum Gasteiger partial charge on any atom is -0.353 e. The van der Waals surface area contributed by atoms with Gasteiger partial charge in [0.1, 0.15) is 6.04 Å². The van der Waals surface area contributed by atoms with Crippen molar-refractivity contribution < 1.29 is 9.59 Å². The van der Waals surface area contributed by atoms with Crippen LogP contribution in [0.3, 0.4) is 0 Å². The highest BCUT2D eigenvalue weighted by Gasteiger charge is 2.29. The third kappa shape index (κ3) is 3.03. The monoisotopic (exact) mass is 262 g/mol. The summed E-state index contributed by atoms with van der Waals surface area (Å²) in [6.07, 6.45) is 0. The molecule has 1 aromatic carbocycles. The molecule has 6 nitrogen and oxygen atoms in total. The number of nitrogens with two attached hydrogens (primary N) is 1. The Morgan fingerprint density at radius 2 is 2.37 bits per heavy atom. The molecular weight excluding hydrogens is 244 g/mol. The fourth-order valence-corrected chi connectivity index (χ4v) is 2.03. The molecule has 0 spiro atoms. The molecule has 1 atom stereocenters. The van der Waals surface area contributed by atoms with Crippen LogP contribution in [0.2, 0.25) is 0 Å². The maximum atomic E-state index is 12.1. The second kappa shape index (κ2) is 5.71. The summed E-state index contributed by atoms with van der Waals surface area (Å²) >= 11 is 0. The zero-order valence-electron chi connectivity index (χ0n) is 10.8. The molecule has 1 aliphatic rings. The number of anilines is 1. The van der Waals surface area contributed by atoms with Crippen LogP contribution in [0.25, 0.3) is 0 Å². The predicted octanol–water partition coefficient (Wildman–Crippen LogP) is 0.498. The van der Waals surface area contributed by atoms with Gasteiger partial charge in [0.05, 0.1) is 0 Å². The number of amides is 3. The number of rotatable bonds is 2. The maximum absolute atomic E-state index is 12.1. The van der Waals surface area contributed by atoms with Gasteiger partial charge in [0.15, 0.2) is 0 Å². The Morgan fingerprint density at radius 3 is 3.11 bits per heavy atom. The van der Waals surface area contributed by atoms with E-state index >= 15 is 0 Å². The Balaban J connectivity index is 2.05. The molecule has 0 bridgehead atoms. The first-order valence-electron chi connectivity index (χ1n) is 6.26. The molecule has 2 rings (SSSR count). The smallest absolute Gasteiger partial charge is 0.322 e. The summed E-state index contributed by atoms with van der Waals surface area (Å²) in [5.41, 5.74) is 7.19. The van der Waals surface area contributed by atoms with Gasteiger partial charge < -0.3 is 21.3 Å². The summed E-state index contributed by atoms with van der Waals surface area (Å²) in [6, 6.07) is 6.64. The molecule has 0 radical (unpaired) electrons. The van der Waals surface area contributed by atoms with Gasteiger partial charge in [-0.1, -0.05) is 12.1 Å². The first kappa shape index (κ1) is 13.4. The lowest BCUT2D eigenvalue weighted by Crippen LogP contribution is -2.56. The number of nitrogens with zero attached hydrogens (tertiary/aromatic N) is 1. The number of benzene rings is 1. The second-order valence-electron chi connectivity index (χ2n) is 4.50. The Bertz CT molecular complexity index is 489. The number of carbonyl (C=O) groups excluding carboxylic acids is 2. The maximum Gasteiger partial charge on any atom is 0.322 e. The van der Waals surface area contributed by atoms with Gasteiger partial charge in [-0.05, 0) is 24.6 Å². The molecule has 1 heterocycles. The third-order valence-corrected chi connectivity index (χ3v) is 3.17. The molecule has 0 aliphatic carbocycles. The van der Waals surface area contributed by atoms with Crippen LogP contribution in [0.5, 0.6) is 0 Å². The van der Waals surface area contributed by atoms with Crippen LogP contribution in [-0.2, 0) is 11.3 Å². The van der Waals surface area contributed by atoms with Crippen molar-refractivity contribution in [1.82, 2.24) is 10.2 Å². The van der Waals surface area contributed by atoms with Gasteiger partial charge in [0, 0.05) is 25.3 Å². The fourth-order valence-electron chi connectivity index (χ4n) is 2.03. The van der Waals surface area contributed by atoms with E-state index < -0.39 is 6.04 Å². The first-order chi connectivity index (χ1) is 9.11. The van der Waals surface area contributed by atoms with Gasteiger partial charge in [0.25, 0.3) is 0 Å². The van der Waals surface area contributed by atoms with Crippen molar-refractivity contribution in [2.24, 2.45) is 5.73 Å². The highest BCUT2D eigenvalue weighted by Crippen LogP contribution is 2.13.